The van der Waals surface area contributed by atoms with E-state index in [-0.39, 0.29) is 25.7 Å². The number of rotatable bonds is 76. The highest BCUT2D eigenvalue weighted by Crippen LogP contribution is 2.45. The molecule has 4 atom stereocenters. The van der Waals surface area contributed by atoms with Crippen molar-refractivity contribution < 1.29 is 80.2 Å². The number of carbonyl (C=O) groups is 4. The summed E-state index contributed by atoms with van der Waals surface area (Å²) in [4.78, 5) is 73.0. The van der Waals surface area contributed by atoms with Crippen molar-refractivity contribution in [2.45, 2.75) is 380 Å². The number of aliphatic hydroxyl groups is 1. The molecule has 100 heavy (non-hydrogen) atoms. The van der Waals surface area contributed by atoms with Crippen LogP contribution in [0.5, 0.6) is 0 Å². The Kier molecular flexibility index (Phi) is 71.2. The van der Waals surface area contributed by atoms with Crippen molar-refractivity contribution in [3.63, 3.8) is 0 Å². The van der Waals surface area contributed by atoms with E-state index in [4.69, 9.17) is 37.0 Å². The number of hydrogen-bond donors (Lipinski definition) is 3. The summed E-state index contributed by atoms with van der Waals surface area (Å²) in [6.45, 7) is 4.82. The van der Waals surface area contributed by atoms with Crippen LogP contribution in [0.3, 0.4) is 0 Å². The molecular formula is C81H146O17P2. The molecule has 0 aromatic rings. The maximum atomic E-state index is 13.1. The van der Waals surface area contributed by atoms with Gasteiger partial charge in [0, 0.05) is 25.7 Å². The summed E-state index contributed by atoms with van der Waals surface area (Å²) in [5.74, 6) is -2.20. The van der Waals surface area contributed by atoms with Crippen molar-refractivity contribution in [3.05, 3.63) is 72.9 Å². The summed E-state index contributed by atoms with van der Waals surface area (Å²) in [6, 6.07) is 0. The first-order chi connectivity index (χ1) is 48.7. The van der Waals surface area contributed by atoms with E-state index < -0.39 is 97.5 Å². The second-order valence-corrected chi connectivity index (χ2v) is 29.9. The Morgan fingerprint density at radius 3 is 0.770 bits per heavy atom. The smallest absolute Gasteiger partial charge is 0.462 e. The molecule has 0 fully saturated rings. The van der Waals surface area contributed by atoms with Crippen molar-refractivity contribution in [1.82, 2.24) is 0 Å². The SMILES string of the molecule is CCCCC/C=C\C/C=C\CCCCCCCC(=O)OCC(COP(=O)(O)OCC(O)COP(=O)(O)OCC(COC(=O)CCCCCCC/C=C\C/C=C\CCCCC)OC(=O)CCCCCCC/C=C\CCCCCCCC)OC(=O)CCCCCCC/C=C\CCCCCCCC. The molecule has 4 unspecified atom stereocenters. The summed E-state index contributed by atoms with van der Waals surface area (Å²) in [7, 11) is -9.96. The minimum atomic E-state index is -4.98. The first-order valence-electron chi connectivity index (χ1n) is 40.2. The molecule has 0 rings (SSSR count). The molecule has 0 aliphatic rings. The normalized spacial score (nSPS) is 14.3. The number of phosphoric ester groups is 2. The number of esters is 4. The summed E-state index contributed by atoms with van der Waals surface area (Å²) >= 11 is 0. The third-order valence-corrected chi connectivity index (χ3v) is 19.0. The van der Waals surface area contributed by atoms with E-state index in [2.05, 4.69) is 101 Å². The monoisotopic (exact) mass is 1450 g/mol. The van der Waals surface area contributed by atoms with Crippen molar-refractivity contribution in [1.29, 1.82) is 0 Å². The van der Waals surface area contributed by atoms with E-state index in [1.54, 1.807) is 0 Å². The Balaban J connectivity index is 5.37. The molecule has 0 aliphatic carbocycles. The summed E-state index contributed by atoms with van der Waals surface area (Å²) in [5, 5.41) is 10.6. The molecule has 17 nitrogen and oxygen atoms in total. The standard InChI is InChI=1S/C81H146O17P2/c1-5-9-13-17-21-25-29-33-37-41-45-49-53-57-61-65-78(83)91-71-76(97-80(85)67-63-59-55-51-47-43-39-35-31-27-23-19-15-11-7-3)73-95-99(87,88)93-69-75(82)70-94-100(89,90)96-74-77(98-81(86)68-64-60-56-52-48-44-40-36-32-28-24-20-16-12-8-4)72-92-79(84)66-62-58-54-50-46-42-38-34-30-26-22-18-14-10-6-2/h21-22,25-26,33-40,75-77,82H,5-20,23-24,27-32,41-74H2,1-4H3,(H,87,88)(H,89,90)/b25-21-,26-22-,37-33-,38-34-,39-35-,40-36-. The Morgan fingerprint density at radius 2 is 0.490 bits per heavy atom. The number of hydrogen-bond acceptors (Lipinski definition) is 15. The quantitative estimate of drug-likeness (QED) is 0.0169. The van der Waals surface area contributed by atoms with Crippen LogP contribution in [0.15, 0.2) is 72.9 Å². The van der Waals surface area contributed by atoms with Crippen LogP contribution >= 0.6 is 15.6 Å². The summed E-state index contributed by atoms with van der Waals surface area (Å²) in [6.07, 6.45) is 74.4. The van der Waals surface area contributed by atoms with Crippen molar-refractivity contribution in [3.8, 4) is 0 Å². The van der Waals surface area contributed by atoms with Crippen molar-refractivity contribution in [2.24, 2.45) is 0 Å². The molecule has 0 radical (unpaired) electrons. The molecule has 0 heterocycles. The zero-order chi connectivity index (χ0) is 73.2. The van der Waals surface area contributed by atoms with E-state index in [1.807, 2.05) is 0 Å². The van der Waals surface area contributed by atoms with E-state index in [9.17, 15) is 43.2 Å². The average molecular weight is 1450 g/mol. The number of carbonyl (C=O) groups excluding carboxylic acids is 4. The lowest BCUT2D eigenvalue weighted by atomic mass is 10.1. The zero-order valence-corrected chi connectivity index (χ0v) is 65.4. The molecule has 0 aliphatic heterocycles. The van der Waals surface area contributed by atoms with Crippen LogP contribution in [0, 0.1) is 0 Å². The van der Waals surface area contributed by atoms with Crippen LogP contribution in [0.1, 0.15) is 362 Å². The van der Waals surface area contributed by atoms with E-state index in [1.165, 1.54) is 116 Å². The van der Waals surface area contributed by atoms with Gasteiger partial charge in [-0.05, 0) is 141 Å². The highest BCUT2D eigenvalue weighted by atomic mass is 31.2. The second-order valence-electron chi connectivity index (χ2n) is 27.0. The number of ether oxygens (including phenoxy) is 4. The fourth-order valence-electron chi connectivity index (χ4n) is 10.9. The predicted molar refractivity (Wildman–Crippen MR) is 409 cm³/mol. The molecule has 0 saturated carbocycles. The van der Waals surface area contributed by atoms with Gasteiger partial charge in [-0.1, -0.05) is 268 Å². The Bertz CT molecular complexity index is 2030. The fraction of sp³-hybridized carbons (Fsp3) is 0.802. The lowest BCUT2D eigenvalue weighted by Crippen LogP contribution is -2.30. The molecule has 0 bridgehead atoms. The number of unbranched alkanes of at least 4 members (excludes halogenated alkanes) is 38. The largest absolute Gasteiger partial charge is 0.472 e. The van der Waals surface area contributed by atoms with Crippen LogP contribution in [-0.2, 0) is 65.4 Å². The average Bonchev–Trinajstić information content (AvgIpc) is 1.01. The van der Waals surface area contributed by atoms with E-state index in [0.29, 0.717) is 25.7 Å². The van der Waals surface area contributed by atoms with Gasteiger partial charge < -0.3 is 33.8 Å². The van der Waals surface area contributed by atoms with Gasteiger partial charge in [-0.2, -0.15) is 0 Å². The summed E-state index contributed by atoms with van der Waals surface area (Å²) < 4.78 is 68.6. The third kappa shape index (κ3) is 72.8. The van der Waals surface area contributed by atoms with Gasteiger partial charge >= 0.3 is 39.5 Å². The highest BCUT2D eigenvalue weighted by Gasteiger charge is 2.30. The van der Waals surface area contributed by atoms with Gasteiger partial charge in [-0.25, -0.2) is 9.13 Å². The first-order valence-corrected chi connectivity index (χ1v) is 43.2. The van der Waals surface area contributed by atoms with Crippen molar-refractivity contribution in [2.75, 3.05) is 39.6 Å². The number of allylic oxidation sites excluding steroid dienone is 12. The van der Waals surface area contributed by atoms with Gasteiger partial charge in [0.2, 0.25) is 0 Å². The Morgan fingerprint density at radius 1 is 0.280 bits per heavy atom. The van der Waals surface area contributed by atoms with Crippen LogP contribution in [0.4, 0.5) is 0 Å². The van der Waals surface area contributed by atoms with Crippen LogP contribution in [-0.4, -0.2) is 96.7 Å². The zero-order valence-electron chi connectivity index (χ0n) is 63.6. The first kappa shape index (κ1) is 96.5. The minimum Gasteiger partial charge on any atom is -0.462 e. The topological polar surface area (TPSA) is 237 Å². The maximum absolute atomic E-state index is 13.1. The van der Waals surface area contributed by atoms with Crippen molar-refractivity contribution >= 4 is 39.5 Å². The summed E-state index contributed by atoms with van der Waals surface area (Å²) in [5.41, 5.74) is 0. The van der Waals surface area contributed by atoms with Gasteiger partial charge in [-0.15, -0.1) is 0 Å². The van der Waals surface area contributed by atoms with Gasteiger partial charge in [0.05, 0.1) is 26.4 Å². The predicted octanol–water partition coefficient (Wildman–Crippen LogP) is 23.2. The Hall–Kier alpha value is -3.50. The fourth-order valence-corrected chi connectivity index (χ4v) is 12.5. The van der Waals surface area contributed by atoms with Crippen LogP contribution < -0.4 is 0 Å². The number of aliphatic hydroxyl groups excluding tert-OH is 1. The molecule has 0 aromatic carbocycles. The van der Waals surface area contributed by atoms with Gasteiger partial charge in [0.15, 0.2) is 12.2 Å². The van der Waals surface area contributed by atoms with Gasteiger partial charge in [0.1, 0.15) is 19.3 Å². The lowest BCUT2D eigenvalue weighted by Gasteiger charge is -2.21. The molecule has 19 heteroatoms. The maximum Gasteiger partial charge on any atom is 0.472 e. The molecular weight excluding hydrogens is 1310 g/mol. The Labute approximate surface area is 609 Å². The molecule has 0 saturated heterocycles. The molecule has 0 amide bonds. The van der Waals surface area contributed by atoms with Crippen LogP contribution in [0.25, 0.3) is 0 Å². The lowest BCUT2D eigenvalue weighted by molar-refractivity contribution is -0.161. The number of phosphoric acid groups is 2. The molecule has 0 spiro atoms. The van der Waals surface area contributed by atoms with E-state index >= 15 is 0 Å². The second kappa shape index (κ2) is 73.8. The molecule has 0 aromatic heterocycles. The molecule has 3 N–H and O–H groups in total. The van der Waals surface area contributed by atoms with Crippen LogP contribution in [0.2, 0.25) is 0 Å². The highest BCUT2D eigenvalue weighted by molar-refractivity contribution is 7.47. The van der Waals surface area contributed by atoms with Gasteiger partial charge in [0.25, 0.3) is 0 Å². The minimum absolute atomic E-state index is 0.0844. The third-order valence-electron chi connectivity index (χ3n) is 17.1. The van der Waals surface area contributed by atoms with Gasteiger partial charge in [-0.3, -0.25) is 37.3 Å². The van der Waals surface area contributed by atoms with E-state index in [0.717, 1.165) is 167 Å². The molecule has 582 valence electrons.